The van der Waals surface area contributed by atoms with Gasteiger partial charge in [-0.25, -0.2) is 0 Å². The summed E-state index contributed by atoms with van der Waals surface area (Å²) in [7, 11) is 4.24. The maximum absolute atomic E-state index is 5.80. The monoisotopic (exact) mass is 278 g/mol. The van der Waals surface area contributed by atoms with Crippen molar-refractivity contribution in [3.05, 3.63) is 29.8 Å². The number of likely N-dealkylation sites (N-methyl/N-ethyl adjacent to an activating group) is 2. The summed E-state index contributed by atoms with van der Waals surface area (Å²) in [5.74, 6) is 0.971. The Bertz CT molecular complexity index is 358. The predicted octanol–water partition coefficient (Wildman–Crippen LogP) is 2.90. The highest BCUT2D eigenvalue weighted by atomic mass is 16.5. The van der Waals surface area contributed by atoms with Crippen molar-refractivity contribution in [2.24, 2.45) is 0 Å². The van der Waals surface area contributed by atoms with E-state index < -0.39 is 0 Å². The Morgan fingerprint density at radius 3 is 2.15 bits per heavy atom. The molecule has 0 fully saturated rings. The van der Waals surface area contributed by atoms with Crippen LogP contribution in [-0.4, -0.2) is 56.2 Å². The van der Waals surface area contributed by atoms with E-state index >= 15 is 0 Å². The Morgan fingerprint density at radius 2 is 1.65 bits per heavy atom. The molecule has 0 aliphatic rings. The lowest BCUT2D eigenvalue weighted by Crippen LogP contribution is -2.28. The van der Waals surface area contributed by atoms with Gasteiger partial charge in [-0.1, -0.05) is 26.0 Å². The maximum Gasteiger partial charge on any atom is 0.119 e. The summed E-state index contributed by atoms with van der Waals surface area (Å²) in [5.41, 5.74) is 1.36. The topological polar surface area (TPSA) is 15.7 Å². The lowest BCUT2D eigenvalue weighted by Gasteiger charge is -2.20. The zero-order valence-corrected chi connectivity index (χ0v) is 13.7. The van der Waals surface area contributed by atoms with E-state index in [1.54, 1.807) is 0 Å². The highest BCUT2D eigenvalue weighted by Gasteiger charge is 2.06. The molecule has 0 N–H and O–H groups in total. The Balaban J connectivity index is 2.39. The van der Waals surface area contributed by atoms with Gasteiger partial charge in [0.05, 0.1) is 0 Å². The fraction of sp³-hybridized carbons (Fsp3) is 0.647. The van der Waals surface area contributed by atoms with Gasteiger partial charge in [-0.15, -0.1) is 0 Å². The molecular weight excluding hydrogens is 248 g/mol. The summed E-state index contributed by atoms with van der Waals surface area (Å²) >= 11 is 0. The number of nitrogens with zero attached hydrogens (tertiary/aromatic N) is 2. The van der Waals surface area contributed by atoms with Gasteiger partial charge in [0, 0.05) is 12.6 Å². The molecule has 0 saturated carbocycles. The van der Waals surface area contributed by atoms with Crippen molar-refractivity contribution in [3.63, 3.8) is 0 Å². The van der Waals surface area contributed by atoms with Gasteiger partial charge in [0.15, 0.2) is 0 Å². The molecule has 0 radical (unpaired) electrons. The van der Waals surface area contributed by atoms with Gasteiger partial charge in [0.2, 0.25) is 0 Å². The Morgan fingerprint density at radius 1 is 1.05 bits per heavy atom. The van der Waals surface area contributed by atoms with Crippen LogP contribution in [0.5, 0.6) is 5.75 Å². The second-order valence-corrected chi connectivity index (χ2v) is 5.54. The average Bonchev–Trinajstić information content (AvgIpc) is 2.45. The highest BCUT2D eigenvalue weighted by molar-refractivity contribution is 5.27. The van der Waals surface area contributed by atoms with E-state index in [0.29, 0.717) is 6.04 Å². The molecule has 3 heteroatoms. The third-order valence-corrected chi connectivity index (χ3v) is 3.91. The number of hydrogen-bond donors (Lipinski definition) is 0. The van der Waals surface area contributed by atoms with Crippen LogP contribution in [0.15, 0.2) is 24.3 Å². The van der Waals surface area contributed by atoms with Crippen molar-refractivity contribution in [1.29, 1.82) is 0 Å². The highest BCUT2D eigenvalue weighted by Crippen LogP contribution is 2.14. The van der Waals surface area contributed by atoms with E-state index in [1.807, 2.05) is 0 Å². The molecule has 0 amide bonds. The van der Waals surface area contributed by atoms with E-state index in [4.69, 9.17) is 4.74 Å². The predicted molar refractivity (Wildman–Crippen MR) is 86.6 cm³/mol. The third-order valence-electron chi connectivity index (χ3n) is 3.91. The quantitative estimate of drug-likeness (QED) is 0.691. The lowest BCUT2D eigenvalue weighted by atomic mass is 10.1. The lowest BCUT2D eigenvalue weighted by molar-refractivity contribution is 0.223. The molecule has 0 aliphatic carbocycles. The standard InChI is InChI=1S/C17H30N2O/c1-6-19(7-2)12-13-20-17-10-8-16(9-11-17)14-15(3)18(4)5/h8-11,15H,6-7,12-14H2,1-5H3/t15-/m0/s1. The molecule has 3 nitrogen and oxygen atoms in total. The smallest absolute Gasteiger partial charge is 0.119 e. The minimum atomic E-state index is 0.560. The van der Waals surface area contributed by atoms with Gasteiger partial charge in [-0.3, -0.25) is 0 Å². The van der Waals surface area contributed by atoms with E-state index in [0.717, 1.165) is 38.4 Å². The Hall–Kier alpha value is -1.06. The molecule has 0 spiro atoms. The molecule has 20 heavy (non-hydrogen) atoms. The molecule has 0 heterocycles. The van der Waals surface area contributed by atoms with Crippen LogP contribution in [0.4, 0.5) is 0 Å². The van der Waals surface area contributed by atoms with Gasteiger partial charge >= 0.3 is 0 Å². The molecule has 1 rings (SSSR count). The van der Waals surface area contributed by atoms with Gasteiger partial charge in [-0.2, -0.15) is 0 Å². The summed E-state index contributed by atoms with van der Waals surface area (Å²) in [6.07, 6.45) is 1.08. The Labute approximate surface area is 124 Å². The number of benzene rings is 1. The molecule has 1 aromatic carbocycles. The molecule has 1 atom stereocenters. The normalized spacial score (nSPS) is 12.9. The van der Waals surface area contributed by atoms with Crippen molar-refractivity contribution in [3.8, 4) is 5.75 Å². The van der Waals surface area contributed by atoms with E-state index in [9.17, 15) is 0 Å². The van der Waals surface area contributed by atoms with Gasteiger partial charge in [0.25, 0.3) is 0 Å². The summed E-state index contributed by atoms with van der Waals surface area (Å²) in [6, 6.07) is 9.07. The van der Waals surface area contributed by atoms with Crippen LogP contribution in [0.25, 0.3) is 0 Å². The number of ether oxygens (including phenoxy) is 1. The fourth-order valence-corrected chi connectivity index (χ4v) is 2.08. The van der Waals surface area contributed by atoms with Crippen LogP contribution in [0, 0.1) is 0 Å². The van der Waals surface area contributed by atoms with Crippen LogP contribution in [0.3, 0.4) is 0 Å². The van der Waals surface area contributed by atoms with Crippen LogP contribution in [-0.2, 0) is 6.42 Å². The number of hydrogen-bond acceptors (Lipinski definition) is 3. The van der Waals surface area contributed by atoms with Gasteiger partial charge in [0.1, 0.15) is 12.4 Å². The average molecular weight is 278 g/mol. The van der Waals surface area contributed by atoms with Crippen molar-refractivity contribution >= 4 is 0 Å². The first-order valence-corrected chi connectivity index (χ1v) is 7.67. The van der Waals surface area contributed by atoms with Gasteiger partial charge < -0.3 is 14.5 Å². The van der Waals surface area contributed by atoms with Crippen molar-refractivity contribution in [1.82, 2.24) is 9.80 Å². The Kier molecular flexibility index (Phi) is 7.63. The fourth-order valence-electron chi connectivity index (χ4n) is 2.08. The second kappa shape index (κ2) is 8.98. The molecule has 0 bridgehead atoms. The van der Waals surface area contributed by atoms with Crippen molar-refractivity contribution in [2.45, 2.75) is 33.2 Å². The largest absolute Gasteiger partial charge is 0.492 e. The van der Waals surface area contributed by atoms with Crippen molar-refractivity contribution < 1.29 is 4.74 Å². The molecule has 0 aromatic heterocycles. The van der Waals surface area contributed by atoms with Crippen LogP contribution < -0.4 is 4.74 Å². The summed E-state index contributed by atoms with van der Waals surface area (Å²) in [4.78, 5) is 4.61. The summed E-state index contributed by atoms with van der Waals surface area (Å²) in [6.45, 7) is 10.5. The first-order valence-electron chi connectivity index (χ1n) is 7.67. The zero-order valence-electron chi connectivity index (χ0n) is 13.7. The molecule has 1 aromatic rings. The summed E-state index contributed by atoms with van der Waals surface area (Å²) < 4.78 is 5.80. The van der Waals surface area contributed by atoms with Gasteiger partial charge in [-0.05, 0) is 58.2 Å². The first kappa shape index (κ1) is 17.0. The first-order chi connectivity index (χ1) is 9.56. The van der Waals surface area contributed by atoms with E-state index in [1.165, 1.54) is 5.56 Å². The van der Waals surface area contributed by atoms with Crippen molar-refractivity contribution in [2.75, 3.05) is 40.3 Å². The summed E-state index contributed by atoms with van der Waals surface area (Å²) in [5, 5.41) is 0. The minimum absolute atomic E-state index is 0.560. The zero-order chi connectivity index (χ0) is 15.0. The van der Waals surface area contributed by atoms with E-state index in [2.05, 4.69) is 68.9 Å². The maximum atomic E-state index is 5.80. The number of rotatable bonds is 9. The van der Waals surface area contributed by atoms with Crippen LogP contribution in [0.2, 0.25) is 0 Å². The van der Waals surface area contributed by atoms with Crippen LogP contribution >= 0.6 is 0 Å². The van der Waals surface area contributed by atoms with Crippen LogP contribution in [0.1, 0.15) is 26.3 Å². The second-order valence-electron chi connectivity index (χ2n) is 5.54. The molecule has 0 unspecified atom stereocenters. The third kappa shape index (κ3) is 5.93. The molecule has 114 valence electrons. The van der Waals surface area contributed by atoms with E-state index in [-0.39, 0.29) is 0 Å². The molecule has 0 saturated heterocycles. The SMILES string of the molecule is CCN(CC)CCOc1ccc(C[C@H](C)N(C)C)cc1. The molecule has 0 aliphatic heterocycles. The minimum Gasteiger partial charge on any atom is -0.492 e. The molecular formula is C17H30N2O.